The number of carbonyl (C=O) groups excluding carboxylic acids is 1. The summed E-state index contributed by atoms with van der Waals surface area (Å²) < 4.78 is 5.16. The van der Waals surface area contributed by atoms with Crippen LogP contribution < -0.4 is 10.5 Å². The van der Waals surface area contributed by atoms with Crippen LogP contribution in [0.3, 0.4) is 0 Å². The van der Waals surface area contributed by atoms with Gasteiger partial charge < -0.3 is 10.5 Å². The van der Waals surface area contributed by atoms with E-state index >= 15 is 0 Å². The number of nitrogen functional groups attached to an aromatic ring is 1. The van der Waals surface area contributed by atoms with Gasteiger partial charge in [-0.3, -0.25) is 4.79 Å². The lowest BCUT2D eigenvalue weighted by molar-refractivity contribution is 0.103. The molecule has 0 amide bonds. The molecule has 0 aliphatic carbocycles. The van der Waals surface area contributed by atoms with Crippen LogP contribution in [0.4, 0.5) is 5.69 Å². The topological polar surface area (TPSA) is 52.3 Å². The van der Waals surface area contributed by atoms with Gasteiger partial charge in [-0.15, -0.1) is 0 Å². The van der Waals surface area contributed by atoms with Crippen LogP contribution in [0.5, 0.6) is 5.75 Å². The first-order valence-electron chi connectivity index (χ1n) is 5.46. The van der Waals surface area contributed by atoms with Gasteiger partial charge in [0.15, 0.2) is 5.78 Å². The van der Waals surface area contributed by atoms with E-state index in [2.05, 4.69) is 0 Å². The monoisotopic (exact) mass is 295 g/mol. The molecule has 0 aromatic heterocycles. The number of hydrogen-bond donors (Lipinski definition) is 1. The highest BCUT2D eigenvalue weighted by Crippen LogP contribution is 2.28. The summed E-state index contributed by atoms with van der Waals surface area (Å²) in [4.78, 5) is 12.4. The van der Waals surface area contributed by atoms with Gasteiger partial charge in [-0.05, 0) is 30.3 Å². The van der Waals surface area contributed by atoms with E-state index in [-0.39, 0.29) is 5.78 Å². The molecule has 0 radical (unpaired) electrons. The van der Waals surface area contributed by atoms with Gasteiger partial charge in [-0.2, -0.15) is 0 Å². The van der Waals surface area contributed by atoms with Crippen molar-refractivity contribution in [1.29, 1.82) is 0 Å². The highest BCUT2D eigenvalue weighted by Gasteiger charge is 2.17. The fourth-order valence-electron chi connectivity index (χ4n) is 1.71. The van der Waals surface area contributed by atoms with Crippen LogP contribution in [0, 0.1) is 0 Å². The Morgan fingerprint density at radius 1 is 1.11 bits per heavy atom. The standard InChI is InChI=1S/C14H11Cl2NO2/c1-19-13-7-9(17)3-5-11(13)14(18)10-4-2-8(15)6-12(10)16/h2-7H,17H2,1H3. The lowest BCUT2D eigenvalue weighted by Crippen LogP contribution is -2.05. The Labute approximate surface area is 120 Å². The van der Waals surface area contributed by atoms with E-state index in [1.807, 2.05) is 0 Å². The summed E-state index contributed by atoms with van der Waals surface area (Å²) in [5.74, 6) is 0.175. The molecule has 0 bridgehead atoms. The normalized spacial score (nSPS) is 10.3. The second-order valence-electron chi connectivity index (χ2n) is 3.91. The zero-order valence-corrected chi connectivity index (χ0v) is 11.6. The summed E-state index contributed by atoms with van der Waals surface area (Å²) in [6.45, 7) is 0. The van der Waals surface area contributed by atoms with Crippen molar-refractivity contribution in [3.8, 4) is 5.75 Å². The molecule has 19 heavy (non-hydrogen) atoms. The summed E-state index contributed by atoms with van der Waals surface area (Å²) in [7, 11) is 1.48. The lowest BCUT2D eigenvalue weighted by atomic mass is 10.0. The Hall–Kier alpha value is -1.71. The third-order valence-corrected chi connectivity index (χ3v) is 3.19. The van der Waals surface area contributed by atoms with E-state index < -0.39 is 0 Å². The van der Waals surface area contributed by atoms with Gasteiger partial charge >= 0.3 is 0 Å². The largest absolute Gasteiger partial charge is 0.496 e. The molecular formula is C14H11Cl2NO2. The van der Waals surface area contributed by atoms with E-state index in [0.29, 0.717) is 32.6 Å². The molecule has 2 aromatic rings. The molecular weight excluding hydrogens is 285 g/mol. The minimum atomic E-state index is -0.237. The fraction of sp³-hybridized carbons (Fsp3) is 0.0714. The van der Waals surface area contributed by atoms with Crippen LogP contribution >= 0.6 is 23.2 Å². The van der Waals surface area contributed by atoms with E-state index in [0.717, 1.165) is 0 Å². The molecule has 0 spiro atoms. The Morgan fingerprint density at radius 2 is 1.79 bits per heavy atom. The van der Waals surface area contributed by atoms with Gasteiger partial charge in [0, 0.05) is 22.3 Å². The third kappa shape index (κ3) is 2.83. The van der Waals surface area contributed by atoms with Crippen molar-refractivity contribution in [2.45, 2.75) is 0 Å². The maximum Gasteiger partial charge on any atom is 0.198 e. The lowest BCUT2D eigenvalue weighted by Gasteiger charge is -2.09. The molecule has 0 atom stereocenters. The van der Waals surface area contributed by atoms with Crippen molar-refractivity contribution in [1.82, 2.24) is 0 Å². The van der Waals surface area contributed by atoms with Crippen molar-refractivity contribution < 1.29 is 9.53 Å². The van der Waals surface area contributed by atoms with Gasteiger partial charge in [0.2, 0.25) is 0 Å². The highest BCUT2D eigenvalue weighted by molar-refractivity contribution is 6.37. The predicted octanol–water partition coefficient (Wildman–Crippen LogP) is 3.82. The Morgan fingerprint density at radius 3 is 2.42 bits per heavy atom. The van der Waals surface area contributed by atoms with Gasteiger partial charge in [0.25, 0.3) is 0 Å². The van der Waals surface area contributed by atoms with Gasteiger partial charge in [-0.1, -0.05) is 23.2 Å². The van der Waals surface area contributed by atoms with Crippen molar-refractivity contribution >= 4 is 34.7 Å². The number of anilines is 1. The summed E-state index contributed by atoms with van der Waals surface area (Å²) in [6, 6.07) is 9.57. The van der Waals surface area contributed by atoms with Crippen molar-refractivity contribution in [3.63, 3.8) is 0 Å². The first-order chi connectivity index (χ1) is 9.02. The molecule has 5 heteroatoms. The van der Waals surface area contributed by atoms with Crippen molar-refractivity contribution in [3.05, 3.63) is 57.6 Å². The van der Waals surface area contributed by atoms with E-state index in [1.54, 1.807) is 30.3 Å². The molecule has 2 N–H and O–H groups in total. The first-order valence-corrected chi connectivity index (χ1v) is 6.22. The first kappa shape index (κ1) is 13.7. The molecule has 0 heterocycles. The number of rotatable bonds is 3. The van der Waals surface area contributed by atoms with E-state index in [1.165, 1.54) is 13.2 Å². The second kappa shape index (κ2) is 5.51. The summed E-state index contributed by atoms with van der Waals surface area (Å²) in [5.41, 5.74) is 6.95. The van der Waals surface area contributed by atoms with Crippen LogP contribution in [-0.4, -0.2) is 12.9 Å². The van der Waals surface area contributed by atoms with Gasteiger partial charge in [0.1, 0.15) is 5.75 Å². The number of benzene rings is 2. The number of hydrogen-bond acceptors (Lipinski definition) is 3. The Bertz CT molecular complexity index is 641. The van der Waals surface area contributed by atoms with Gasteiger partial charge in [-0.25, -0.2) is 0 Å². The number of ketones is 1. The van der Waals surface area contributed by atoms with E-state index in [9.17, 15) is 4.79 Å². The summed E-state index contributed by atoms with van der Waals surface area (Å²) >= 11 is 11.8. The summed E-state index contributed by atoms with van der Waals surface area (Å²) in [6.07, 6.45) is 0. The molecule has 98 valence electrons. The van der Waals surface area contributed by atoms with Crippen LogP contribution in [0.2, 0.25) is 10.0 Å². The van der Waals surface area contributed by atoms with Crippen LogP contribution in [0.25, 0.3) is 0 Å². The number of ether oxygens (including phenoxy) is 1. The smallest absolute Gasteiger partial charge is 0.198 e. The molecule has 3 nitrogen and oxygen atoms in total. The summed E-state index contributed by atoms with van der Waals surface area (Å²) in [5, 5.41) is 0.780. The Kier molecular flexibility index (Phi) is 3.98. The average molecular weight is 296 g/mol. The zero-order valence-electron chi connectivity index (χ0n) is 10.1. The zero-order chi connectivity index (χ0) is 14.0. The second-order valence-corrected chi connectivity index (χ2v) is 4.76. The van der Waals surface area contributed by atoms with Gasteiger partial charge in [0.05, 0.1) is 17.7 Å². The van der Waals surface area contributed by atoms with Crippen LogP contribution in [0.1, 0.15) is 15.9 Å². The quantitative estimate of drug-likeness (QED) is 0.692. The molecule has 0 saturated carbocycles. The maximum atomic E-state index is 12.4. The maximum absolute atomic E-state index is 12.4. The molecule has 0 unspecified atom stereocenters. The molecule has 2 aromatic carbocycles. The average Bonchev–Trinajstić information content (AvgIpc) is 2.37. The molecule has 0 fully saturated rings. The molecule has 0 aliphatic heterocycles. The van der Waals surface area contributed by atoms with Crippen molar-refractivity contribution in [2.24, 2.45) is 0 Å². The Balaban J connectivity index is 2.50. The minimum absolute atomic E-state index is 0.237. The number of nitrogens with two attached hydrogens (primary N) is 1. The number of methoxy groups -OCH3 is 1. The highest BCUT2D eigenvalue weighted by atomic mass is 35.5. The number of halogens is 2. The SMILES string of the molecule is COc1cc(N)ccc1C(=O)c1ccc(Cl)cc1Cl. The fourth-order valence-corrected chi connectivity index (χ4v) is 2.21. The van der Waals surface area contributed by atoms with E-state index in [4.69, 9.17) is 33.7 Å². The van der Waals surface area contributed by atoms with Crippen LogP contribution in [0.15, 0.2) is 36.4 Å². The molecule has 2 rings (SSSR count). The minimum Gasteiger partial charge on any atom is -0.496 e. The predicted molar refractivity (Wildman–Crippen MR) is 77.3 cm³/mol. The number of carbonyl (C=O) groups is 1. The van der Waals surface area contributed by atoms with Crippen LogP contribution in [-0.2, 0) is 0 Å². The molecule has 0 saturated heterocycles. The van der Waals surface area contributed by atoms with Crippen molar-refractivity contribution in [2.75, 3.05) is 12.8 Å². The third-order valence-electron chi connectivity index (χ3n) is 2.65. The molecule has 0 aliphatic rings.